The number of carbonyl (C=O) groups excluding carboxylic acids is 1. The molecule has 0 aliphatic heterocycles. The van der Waals surface area contributed by atoms with Crippen LogP contribution >= 0.6 is 15.2 Å². The van der Waals surface area contributed by atoms with E-state index < -0.39 is 20.6 Å². The van der Waals surface area contributed by atoms with Crippen molar-refractivity contribution in [2.24, 2.45) is 0 Å². The van der Waals surface area contributed by atoms with Crippen molar-refractivity contribution >= 4 is 21.0 Å². The van der Waals surface area contributed by atoms with Gasteiger partial charge in [-0.25, -0.2) is 0 Å². The van der Waals surface area contributed by atoms with Crippen molar-refractivity contribution in [1.29, 1.82) is 0 Å². The molecule has 0 fully saturated rings. The van der Waals surface area contributed by atoms with Gasteiger partial charge >= 0.3 is 15.2 Å². The maximum absolute atomic E-state index is 13.3. The molecule has 0 saturated heterocycles. The fraction of sp³-hybridized carbons (Fsp3) is 0.688. The molecule has 0 N–H and O–H groups in total. The molecular formula is C16H28O8P2. The van der Waals surface area contributed by atoms with Crippen LogP contribution in [0.4, 0.5) is 0 Å². The van der Waals surface area contributed by atoms with Crippen molar-refractivity contribution in [1.82, 2.24) is 0 Å². The smallest absolute Gasteiger partial charge is 0.345 e. The highest BCUT2D eigenvalue weighted by Gasteiger charge is 2.50. The second kappa shape index (κ2) is 11.2. The molecule has 0 radical (unpaired) electrons. The summed E-state index contributed by atoms with van der Waals surface area (Å²) in [4.78, 5) is 12.3. The second-order valence-corrected chi connectivity index (χ2v) is 10.0. The van der Waals surface area contributed by atoms with Gasteiger partial charge in [0.25, 0.3) is 0 Å². The van der Waals surface area contributed by atoms with Crippen molar-refractivity contribution in [3.05, 3.63) is 24.2 Å². The summed E-state index contributed by atoms with van der Waals surface area (Å²) in [6.45, 7) is 7.00. The lowest BCUT2D eigenvalue weighted by Crippen LogP contribution is -2.19. The summed E-state index contributed by atoms with van der Waals surface area (Å²) in [6.07, 6.45) is 1.28. The lowest BCUT2D eigenvalue weighted by Gasteiger charge is -2.31. The molecule has 0 aliphatic carbocycles. The van der Waals surface area contributed by atoms with Crippen LogP contribution in [0.1, 0.15) is 51.1 Å². The first-order chi connectivity index (χ1) is 12.4. The minimum Gasteiger partial charge on any atom is -0.461 e. The van der Waals surface area contributed by atoms with Crippen LogP contribution in [0.25, 0.3) is 0 Å². The maximum Gasteiger partial charge on any atom is 0.345 e. The Bertz CT molecular complexity index is 578. The van der Waals surface area contributed by atoms with Crippen molar-refractivity contribution in [2.75, 3.05) is 26.4 Å². The van der Waals surface area contributed by atoms with Crippen molar-refractivity contribution in [3.8, 4) is 0 Å². The van der Waals surface area contributed by atoms with E-state index in [1.807, 2.05) is 0 Å². The van der Waals surface area contributed by atoms with E-state index in [9.17, 15) is 13.9 Å². The molecule has 1 aromatic rings. The van der Waals surface area contributed by atoms with Crippen LogP contribution < -0.4 is 0 Å². The van der Waals surface area contributed by atoms with Crippen molar-refractivity contribution in [3.63, 3.8) is 0 Å². The molecule has 8 nitrogen and oxygen atoms in total. The Labute approximate surface area is 154 Å². The number of rotatable bonds is 14. The number of furan rings is 1. The highest BCUT2D eigenvalue weighted by Crippen LogP contribution is 2.71. The van der Waals surface area contributed by atoms with Crippen molar-refractivity contribution in [2.45, 2.75) is 45.9 Å². The molecular weight excluding hydrogens is 382 g/mol. The number of hydrogen-bond acceptors (Lipinski definition) is 8. The number of Topliss-reactive ketones (excluding diaryl/α,β-unsaturated/α-hetero) is 1. The number of ketones is 1. The number of hydrogen-bond donors (Lipinski definition) is 0. The van der Waals surface area contributed by atoms with Crippen LogP contribution in [0.2, 0.25) is 0 Å². The zero-order chi connectivity index (χ0) is 19.6. The summed E-state index contributed by atoms with van der Waals surface area (Å²) >= 11 is 0. The molecule has 1 rings (SSSR count). The SMILES string of the molecule is CCOP(=O)(OCC)C(CCC(=O)c1ccco1)P(=O)(OCC)OCC. The van der Waals surface area contributed by atoms with Gasteiger partial charge in [-0.1, -0.05) is 0 Å². The monoisotopic (exact) mass is 410 g/mol. The fourth-order valence-electron chi connectivity index (χ4n) is 2.45. The summed E-state index contributed by atoms with van der Waals surface area (Å²) in [5.74, 6) is -0.131. The van der Waals surface area contributed by atoms with E-state index >= 15 is 0 Å². The first kappa shape index (κ1) is 23.3. The van der Waals surface area contributed by atoms with Crippen LogP contribution in [0.15, 0.2) is 22.8 Å². The molecule has 0 aromatic carbocycles. The summed E-state index contributed by atoms with van der Waals surface area (Å²) in [5, 5.41) is -1.20. The Kier molecular flexibility index (Phi) is 10.0. The van der Waals surface area contributed by atoms with E-state index in [-0.39, 0.29) is 50.8 Å². The molecule has 1 heterocycles. The van der Waals surface area contributed by atoms with Gasteiger partial charge in [0.05, 0.1) is 32.7 Å². The van der Waals surface area contributed by atoms with Gasteiger partial charge in [0.15, 0.2) is 16.9 Å². The van der Waals surface area contributed by atoms with Gasteiger partial charge in [-0.3, -0.25) is 13.9 Å². The maximum atomic E-state index is 13.3. The molecule has 0 spiro atoms. The average molecular weight is 410 g/mol. The second-order valence-electron chi connectivity index (χ2n) is 5.17. The minimum absolute atomic E-state index is 0.0475. The molecule has 150 valence electrons. The van der Waals surface area contributed by atoms with Crippen LogP contribution in [0.3, 0.4) is 0 Å². The normalized spacial score (nSPS) is 12.7. The third-order valence-electron chi connectivity index (χ3n) is 3.39. The Morgan fingerprint density at radius 3 is 1.77 bits per heavy atom. The molecule has 0 aliphatic rings. The minimum atomic E-state index is -3.84. The molecule has 0 saturated carbocycles. The van der Waals surface area contributed by atoms with Crippen LogP contribution in [0, 0.1) is 0 Å². The largest absolute Gasteiger partial charge is 0.461 e. The quantitative estimate of drug-likeness (QED) is 0.308. The number of carbonyl (C=O) groups is 1. The molecule has 26 heavy (non-hydrogen) atoms. The lowest BCUT2D eigenvalue weighted by atomic mass is 10.2. The zero-order valence-electron chi connectivity index (χ0n) is 15.7. The summed E-state index contributed by atoms with van der Waals surface area (Å²) < 4.78 is 53.1. The third-order valence-corrected chi connectivity index (χ3v) is 9.54. The molecule has 0 bridgehead atoms. The van der Waals surface area contributed by atoms with Crippen LogP contribution in [-0.4, -0.2) is 37.6 Å². The van der Waals surface area contributed by atoms with Gasteiger partial charge in [-0.15, -0.1) is 0 Å². The summed E-state index contributed by atoms with van der Waals surface area (Å²) in [5.41, 5.74) is 0. The Morgan fingerprint density at radius 2 is 1.42 bits per heavy atom. The van der Waals surface area contributed by atoms with Gasteiger partial charge in [0.1, 0.15) is 0 Å². The molecule has 0 atom stereocenters. The van der Waals surface area contributed by atoms with Gasteiger partial charge in [-0.2, -0.15) is 0 Å². The average Bonchev–Trinajstić information content (AvgIpc) is 3.10. The summed E-state index contributed by atoms with van der Waals surface area (Å²) in [6, 6.07) is 3.13. The lowest BCUT2D eigenvalue weighted by molar-refractivity contribution is 0.0952. The van der Waals surface area contributed by atoms with Crippen LogP contribution in [-0.2, 0) is 27.2 Å². The molecule has 0 amide bonds. The predicted octanol–water partition coefficient (Wildman–Crippen LogP) is 5.10. The third kappa shape index (κ3) is 6.15. The Hall–Kier alpha value is -0.750. The van der Waals surface area contributed by atoms with E-state index in [0.29, 0.717) is 0 Å². The van der Waals surface area contributed by atoms with E-state index in [0.717, 1.165) is 0 Å². The molecule has 0 unspecified atom stereocenters. The predicted molar refractivity (Wildman–Crippen MR) is 97.8 cm³/mol. The fourth-order valence-corrected chi connectivity index (χ4v) is 7.80. The van der Waals surface area contributed by atoms with Gasteiger partial charge in [0.2, 0.25) is 0 Å². The van der Waals surface area contributed by atoms with Crippen LogP contribution in [0.5, 0.6) is 0 Å². The highest BCUT2D eigenvalue weighted by molar-refractivity contribution is 7.72. The van der Waals surface area contributed by atoms with Gasteiger partial charge < -0.3 is 22.5 Å². The standard InChI is InChI=1S/C16H28O8P2/c1-5-21-25(18,22-6-2)16(26(19,23-7-3)24-8-4)12-11-14(17)15-10-9-13-20-15/h9-10,13,16H,5-8,11-12H2,1-4H3. The van der Waals surface area contributed by atoms with E-state index in [1.54, 1.807) is 33.8 Å². The zero-order valence-corrected chi connectivity index (χ0v) is 17.5. The van der Waals surface area contributed by atoms with E-state index in [4.69, 9.17) is 22.5 Å². The first-order valence-corrected chi connectivity index (χ1v) is 11.9. The first-order valence-electron chi connectivity index (χ1n) is 8.71. The topological polar surface area (TPSA) is 101 Å². The van der Waals surface area contributed by atoms with Crippen molar-refractivity contribution < 1.29 is 36.4 Å². The summed E-state index contributed by atoms with van der Waals surface area (Å²) in [7, 11) is -7.68. The van der Waals surface area contributed by atoms with Gasteiger partial charge in [-0.05, 0) is 46.2 Å². The Morgan fingerprint density at radius 1 is 0.962 bits per heavy atom. The van der Waals surface area contributed by atoms with E-state index in [1.165, 1.54) is 12.3 Å². The van der Waals surface area contributed by atoms with E-state index in [2.05, 4.69) is 0 Å². The Balaban J connectivity index is 3.15. The molecule has 10 heteroatoms. The highest BCUT2D eigenvalue weighted by atomic mass is 31.2. The van der Waals surface area contributed by atoms with Gasteiger partial charge in [0, 0.05) is 6.42 Å². The molecule has 1 aromatic heterocycles.